The molecule has 0 amide bonds. The second-order valence-electron chi connectivity index (χ2n) is 4.36. The minimum absolute atomic E-state index is 0.270. The molecule has 0 radical (unpaired) electrons. The van der Waals surface area contributed by atoms with Crippen LogP contribution in [0.2, 0.25) is 0 Å². The van der Waals surface area contributed by atoms with Crippen LogP contribution in [0.25, 0.3) is 11.0 Å². The molecule has 1 saturated heterocycles. The molecule has 0 saturated carbocycles. The molecule has 0 aliphatic carbocycles. The monoisotopic (exact) mass is 263 g/mol. The van der Waals surface area contributed by atoms with E-state index in [1.807, 2.05) is 13.8 Å². The summed E-state index contributed by atoms with van der Waals surface area (Å²) in [5.74, 6) is 1.12. The highest BCUT2D eigenvalue weighted by atomic mass is 15.2. The van der Waals surface area contributed by atoms with Crippen molar-refractivity contribution in [3.8, 4) is 0 Å². The summed E-state index contributed by atoms with van der Waals surface area (Å²) in [7, 11) is 0. The SMILES string of the molecule is CC.Nc1nc(N2CCC(N)CC2)c2cn[nH]c2n1. The topological polar surface area (TPSA) is 110 Å². The van der Waals surface area contributed by atoms with Crippen molar-refractivity contribution in [2.24, 2.45) is 5.73 Å². The summed E-state index contributed by atoms with van der Waals surface area (Å²) in [6.45, 7) is 5.80. The number of nitrogens with zero attached hydrogens (tertiary/aromatic N) is 4. The number of rotatable bonds is 1. The van der Waals surface area contributed by atoms with Crippen molar-refractivity contribution in [1.82, 2.24) is 20.2 Å². The first-order valence-electron chi connectivity index (χ1n) is 6.71. The van der Waals surface area contributed by atoms with Crippen LogP contribution in [0, 0.1) is 0 Å². The van der Waals surface area contributed by atoms with E-state index in [1.54, 1.807) is 6.20 Å². The molecule has 0 bridgehead atoms. The number of nitrogen functional groups attached to an aromatic ring is 1. The van der Waals surface area contributed by atoms with Crippen molar-refractivity contribution in [3.05, 3.63) is 6.20 Å². The Bertz CT molecular complexity index is 528. The zero-order chi connectivity index (χ0) is 13.8. The average molecular weight is 263 g/mol. The molecule has 3 heterocycles. The summed E-state index contributed by atoms with van der Waals surface area (Å²) in [6.07, 6.45) is 3.69. The number of hydrogen-bond acceptors (Lipinski definition) is 6. The van der Waals surface area contributed by atoms with E-state index in [1.165, 1.54) is 0 Å². The zero-order valence-corrected chi connectivity index (χ0v) is 11.4. The summed E-state index contributed by atoms with van der Waals surface area (Å²) in [5.41, 5.74) is 12.3. The van der Waals surface area contributed by atoms with E-state index in [0.29, 0.717) is 11.7 Å². The van der Waals surface area contributed by atoms with Gasteiger partial charge in [-0.15, -0.1) is 0 Å². The molecule has 7 heteroatoms. The van der Waals surface area contributed by atoms with E-state index in [9.17, 15) is 0 Å². The minimum atomic E-state index is 0.270. The Kier molecular flexibility index (Phi) is 4.16. The Labute approximate surface area is 112 Å². The number of H-pyrrole nitrogens is 1. The third-order valence-electron chi connectivity index (χ3n) is 3.15. The normalized spacial score (nSPS) is 16.3. The van der Waals surface area contributed by atoms with Gasteiger partial charge in [0.1, 0.15) is 5.82 Å². The lowest BCUT2D eigenvalue weighted by Gasteiger charge is -2.31. The van der Waals surface area contributed by atoms with Crippen LogP contribution >= 0.6 is 0 Å². The van der Waals surface area contributed by atoms with Crippen molar-refractivity contribution in [3.63, 3.8) is 0 Å². The number of anilines is 2. The molecule has 7 nitrogen and oxygen atoms in total. The van der Waals surface area contributed by atoms with Crippen LogP contribution in [0.15, 0.2) is 6.20 Å². The molecule has 3 rings (SSSR count). The second-order valence-corrected chi connectivity index (χ2v) is 4.36. The largest absolute Gasteiger partial charge is 0.368 e. The fourth-order valence-corrected chi connectivity index (χ4v) is 2.19. The van der Waals surface area contributed by atoms with Crippen LogP contribution in [0.5, 0.6) is 0 Å². The van der Waals surface area contributed by atoms with Gasteiger partial charge in [0.25, 0.3) is 0 Å². The van der Waals surface area contributed by atoms with Crippen LogP contribution in [0.3, 0.4) is 0 Å². The molecule has 1 fully saturated rings. The van der Waals surface area contributed by atoms with Crippen LogP contribution in [-0.2, 0) is 0 Å². The molecule has 0 spiro atoms. The van der Waals surface area contributed by atoms with Gasteiger partial charge < -0.3 is 16.4 Å². The summed E-state index contributed by atoms with van der Waals surface area (Å²) in [5, 5.41) is 7.71. The van der Waals surface area contributed by atoms with Gasteiger partial charge in [0.05, 0.1) is 11.6 Å². The van der Waals surface area contributed by atoms with Gasteiger partial charge in [0, 0.05) is 19.1 Å². The lowest BCUT2D eigenvalue weighted by atomic mass is 10.1. The maximum Gasteiger partial charge on any atom is 0.224 e. The second kappa shape index (κ2) is 5.83. The predicted molar refractivity (Wildman–Crippen MR) is 76.9 cm³/mol. The van der Waals surface area contributed by atoms with E-state index in [4.69, 9.17) is 11.5 Å². The molecule has 2 aromatic rings. The third-order valence-corrected chi connectivity index (χ3v) is 3.15. The van der Waals surface area contributed by atoms with E-state index < -0.39 is 0 Å². The highest BCUT2D eigenvalue weighted by molar-refractivity contribution is 5.87. The molecular weight excluding hydrogens is 242 g/mol. The fraction of sp³-hybridized carbons (Fsp3) is 0.583. The maximum absolute atomic E-state index is 5.89. The number of nitrogens with two attached hydrogens (primary N) is 2. The van der Waals surface area contributed by atoms with Crippen molar-refractivity contribution in [2.75, 3.05) is 23.7 Å². The van der Waals surface area contributed by atoms with Crippen molar-refractivity contribution >= 4 is 22.8 Å². The molecule has 2 aromatic heterocycles. The van der Waals surface area contributed by atoms with Gasteiger partial charge in [-0.1, -0.05) is 13.8 Å². The molecular formula is C12H21N7. The first-order chi connectivity index (χ1) is 9.24. The number of fused-ring (bicyclic) bond motifs is 1. The predicted octanol–water partition coefficient (Wildman–Crippen LogP) is 0.889. The quantitative estimate of drug-likeness (QED) is 0.704. The third kappa shape index (κ3) is 2.76. The van der Waals surface area contributed by atoms with Crippen molar-refractivity contribution in [2.45, 2.75) is 32.7 Å². The Morgan fingerprint density at radius 3 is 2.63 bits per heavy atom. The van der Waals surface area contributed by atoms with Crippen LogP contribution in [0.4, 0.5) is 11.8 Å². The molecule has 1 aliphatic rings. The van der Waals surface area contributed by atoms with Gasteiger partial charge in [0.15, 0.2) is 5.65 Å². The van der Waals surface area contributed by atoms with Crippen molar-refractivity contribution in [1.29, 1.82) is 0 Å². The summed E-state index contributed by atoms with van der Waals surface area (Å²) in [6, 6.07) is 0.297. The van der Waals surface area contributed by atoms with Gasteiger partial charge in [0.2, 0.25) is 5.95 Å². The zero-order valence-electron chi connectivity index (χ0n) is 11.4. The Morgan fingerprint density at radius 1 is 1.26 bits per heavy atom. The Balaban J connectivity index is 0.000000637. The minimum Gasteiger partial charge on any atom is -0.368 e. The van der Waals surface area contributed by atoms with Crippen LogP contribution in [-0.4, -0.2) is 39.3 Å². The fourth-order valence-electron chi connectivity index (χ4n) is 2.19. The molecule has 0 unspecified atom stereocenters. The van der Waals surface area contributed by atoms with Gasteiger partial charge in [-0.25, -0.2) is 0 Å². The molecule has 104 valence electrons. The van der Waals surface area contributed by atoms with Crippen LogP contribution < -0.4 is 16.4 Å². The standard InChI is InChI=1S/C10H15N7.C2H6/c11-6-1-3-17(4-2-6)9-7-5-13-16-8(7)14-10(12)15-9;1-2/h5-6H,1-4,11H2,(H3,12,13,14,15,16);1-2H3. The van der Waals surface area contributed by atoms with Gasteiger partial charge in [-0.05, 0) is 12.8 Å². The molecule has 1 aliphatic heterocycles. The van der Waals surface area contributed by atoms with E-state index in [-0.39, 0.29) is 5.95 Å². The number of hydrogen-bond donors (Lipinski definition) is 3. The summed E-state index contributed by atoms with van der Waals surface area (Å²) >= 11 is 0. The number of aromatic nitrogens is 4. The first kappa shape index (κ1) is 13.5. The summed E-state index contributed by atoms with van der Waals surface area (Å²) < 4.78 is 0. The molecule has 0 aromatic carbocycles. The van der Waals surface area contributed by atoms with Crippen molar-refractivity contribution < 1.29 is 0 Å². The lowest BCUT2D eigenvalue weighted by Crippen LogP contribution is -2.40. The molecule has 19 heavy (non-hydrogen) atoms. The van der Waals surface area contributed by atoms with Gasteiger partial charge in [-0.3, -0.25) is 5.10 Å². The summed E-state index contributed by atoms with van der Waals surface area (Å²) in [4.78, 5) is 10.6. The van der Waals surface area contributed by atoms with E-state index in [0.717, 1.165) is 37.1 Å². The number of piperidine rings is 1. The highest BCUT2D eigenvalue weighted by Gasteiger charge is 2.20. The van der Waals surface area contributed by atoms with Crippen LogP contribution in [0.1, 0.15) is 26.7 Å². The molecule has 5 N–H and O–H groups in total. The maximum atomic E-state index is 5.89. The highest BCUT2D eigenvalue weighted by Crippen LogP contribution is 2.25. The Hall–Kier alpha value is -1.89. The van der Waals surface area contributed by atoms with Gasteiger partial charge >= 0.3 is 0 Å². The Morgan fingerprint density at radius 2 is 1.95 bits per heavy atom. The number of nitrogens with one attached hydrogen (secondary N) is 1. The average Bonchev–Trinajstić information content (AvgIpc) is 2.89. The number of aromatic amines is 1. The van der Waals surface area contributed by atoms with Gasteiger partial charge in [-0.2, -0.15) is 15.1 Å². The lowest BCUT2D eigenvalue weighted by molar-refractivity contribution is 0.499. The molecule has 0 atom stereocenters. The smallest absolute Gasteiger partial charge is 0.224 e. The van der Waals surface area contributed by atoms with E-state index in [2.05, 4.69) is 25.1 Å². The van der Waals surface area contributed by atoms with E-state index >= 15 is 0 Å². The first-order valence-corrected chi connectivity index (χ1v) is 6.71.